The summed E-state index contributed by atoms with van der Waals surface area (Å²) in [7, 11) is 0. The first-order valence-corrected chi connectivity index (χ1v) is 10.1. The van der Waals surface area contributed by atoms with Crippen LogP contribution in [0.15, 0.2) is 36.4 Å². The average molecular weight is 370 g/mol. The van der Waals surface area contributed by atoms with Crippen LogP contribution < -0.4 is 0 Å². The molecule has 4 nitrogen and oxygen atoms in total. The Morgan fingerprint density at radius 1 is 1.19 bits per heavy atom. The molecular weight excluding hydrogens is 342 g/mol. The largest absolute Gasteiger partial charge is 0.335 e. The first-order chi connectivity index (χ1) is 12.5. The number of carbonyl (C=O) groups is 1. The molecule has 1 aliphatic heterocycles. The molecule has 1 saturated heterocycles. The van der Waals surface area contributed by atoms with Gasteiger partial charge in [-0.3, -0.25) is 9.69 Å². The molecule has 0 aliphatic carbocycles. The van der Waals surface area contributed by atoms with Gasteiger partial charge < -0.3 is 4.90 Å². The number of rotatable bonds is 5. The van der Waals surface area contributed by atoms with Crippen molar-refractivity contribution in [2.75, 3.05) is 32.7 Å². The van der Waals surface area contributed by atoms with E-state index in [1.54, 1.807) is 11.3 Å². The van der Waals surface area contributed by atoms with Crippen LogP contribution in [0.5, 0.6) is 0 Å². The fourth-order valence-corrected chi connectivity index (χ4v) is 4.08. The zero-order valence-electron chi connectivity index (χ0n) is 15.8. The number of aromatic nitrogens is 1. The van der Waals surface area contributed by atoms with Crippen LogP contribution in [0, 0.1) is 6.92 Å². The van der Waals surface area contributed by atoms with Gasteiger partial charge in [0.2, 0.25) is 0 Å². The molecule has 5 heteroatoms. The highest BCUT2D eigenvalue weighted by Gasteiger charge is 2.25. The van der Waals surface area contributed by atoms with E-state index in [-0.39, 0.29) is 5.91 Å². The van der Waals surface area contributed by atoms with E-state index in [2.05, 4.69) is 60.1 Å². The second-order valence-corrected chi connectivity index (χ2v) is 8.06. The number of amides is 1. The number of piperazine rings is 1. The molecule has 0 atom stereocenters. The molecule has 3 rings (SSSR count). The standard InChI is InChI=1S/C21H27N3OS/c1-16(2)20-22-17(3)19(26-20)21(25)24-14-12-23(13-15-24)11-7-10-18-8-5-4-6-9-18/h4-10,16H,11-15H2,1-3H3/b10-7+. The second kappa shape index (κ2) is 8.60. The van der Waals surface area contributed by atoms with Crippen LogP contribution in [0.3, 0.4) is 0 Å². The van der Waals surface area contributed by atoms with Crippen LogP contribution in [-0.2, 0) is 0 Å². The van der Waals surface area contributed by atoms with Crippen LogP contribution in [0.25, 0.3) is 6.08 Å². The zero-order chi connectivity index (χ0) is 18.5. The van der Waals surface area contributed by atoms with Gasteiger partial charge in [0.1, 0.15) is 4.88 Å². The lowest BCUT2D eigenvalue weighted by atomic mass is 10.2. The number of thiazole rings is 1. The smallest absolute Gasteiger partial charge is 0.265 e. The molecule has 0 N–H and O–H groups in total. The number of hydrogen-bond donors (Lipinski definition) is 0. The molecule has 0 unspecified atom stereocenters. The van der Waals surface area contributed by atoms with Crippen LogP contribution in [-0.4, -0.2) is 53.4 Å². The maximum atomic E-state index is 12.8. The van der Waals surface area contributed by atoms with E-state index >= 15 is 0 Å². The SMILES string of the molecule is Cc1nc(C(C)C)sc1C(=O)N1CCN(C/C=C/c2ccccc2)CC1. The summed E-state index contributed by atoms with van der Waals surface area (Å²) >= 11 is 1.55. The first-order valence-electron chi connectivity index (χ1n) is 9.25. The average Bonchev–Trinajstić information content (AvgIpc) is 3.05. The number of nitrogens with zero attached hydrogens (tertiary/aromatic N) is 3. The predicted octanol–water partition coefficient (Wildman–Crippen LogP) is 4.05. The van der Waals surface area contributed by atoms with Gasteiger partial charge in [0, 0.05) is 38.6 Å². The van der Waals surface area contributed by atoms with Gasteiger partial charge in [0.25, 0.3) is 5.91 Å². The molecule has 1 aromatic heterocycles. The summed E-state index contributed by atoms with van der Waals surface area (Å²) in [5.74, 6) is 0.514. The Hall–Kier alpha value is -1.98. The van der Waals surface area contributed by atoms with Crippen molar-refractivity contribution < 1.29 is 4.79 Å². The summed E-state index contributed by atoms with van der Waals surface area (Å²) in [6, 6.07) is 10.3. The fourth-order valence-electron chi connectivity index (χ4n) is 3.04. The third-order valence-corrected chi connectivity index (χ3v) is 6.08. The van der Waals surface area contributed by atoms with Gasteiger partial charge in [-0.15, -0.1) is 11.3 Å². The lowest BCUT2D eigenvalue weighted by Crippen LogP contribution is -2.48. The minimum Gasteiger partial charge on any atom is -0.335 e. The molecule has 1 fully saturated rings. The molecule has 0 bridgehead atoms. The topological polar surface area (TPSA) is 36.4 Å². The quantitative estimate of drug-likeness (QED) is 0.798. The highest BCUT2D eigenvalue weighted by atomic mass is 32.1. The van der Waals surface area contributed by atoms with Crippen LogP contribution in [0.4, 0.5) is 0 Å². The first kappa shape index (κ1) is 18.8. The van der Waals surface area contributed by atoms with Crippen molar-refractivity contribution in [3.63, 3.8) is 0 Å². The Bertz CT molecular complexity index is 759. The van der Waals surface area contributed by atoms with Gasteiger partial charge in [-0.05, 0) is 12.5 Å². The number of hydrogen-bond acceptors (Lipinski definition) is 4. The minimum atomic E-state index is 0.145. The van der Waals surface area contributed by atoms with Gasteiger partial charge in [-0.2, -0.15) is 0 Å². The van der Waals surface area contributed by atoms with Gasteiger partial charge >= 0.3 is 0 Å². The molecule has 0 saturated carbocycles. The molecule has 1 amide bonds. The van der Waals surface area contributed by atoms with Gasteiger partial charge in [0.15, 0.2) is 0 Å². The van der Waals surface area contributed by atoms with Crippen molar-refractivity contribution >= 4 is 23.3 Å². The summed E-state index contributed by atoms with van der Waals surface area (Å²) in [4.78, 5) is 22.6. The summed E-state index contributed by atoms with van der Waals surface area (Å²) in [6.45, 7) is 10.5. The lowest BCUT2D eigenvalue weighted by Gasteiger charge is -2.34. The summed E-state index contributed by atoms with van der Waals surface area (Å²) in [5, 5.41) is 1.05. The van der Waals surface area contributed by atoms with Crippen molar-refractivity contribution in [3.05, 3.63) is 57.6 Å². The highest BCUT2D eigenvalue weighted by Crippen LogP contribution is 2.26. The minimum absolute atomic E-state index is 0.145. The van der Waals surface area contributed by atoms with Crippen molar-refractivity contribution in [1.29, 1.82) is 0 Å². The number of carbonyl (C=O) groups excluding carboxylic acids is 1. The Balaban J connectivity index is 1.52. The second-order valence-electron chi connectivity index (χ2n) is 7.03. The molecule has 26 heavy (non-hydrogen) atoms. The van der Waals surface area contributed by atoms with Crippen molar-refractivity contribution in [2.45, 2.75) is 26.7 Å². The summed E-state index contributed by atoms with van der Waals surface area (Å²) in [5.41, 5.74) is 2.10. The zero-order valence-corrected chi connectivity index (χ0v) is 16.6. The van der Waals surface area contributed by atoms with Crippen LogP contribution >= 0.6 is 11.3 Å². The third-order valence-electron chi connectivity index (χ3n) is 4.63. The third kappa shape index (κ3) is 4.59. The Kier molecular flexibility index (Phi) is 6.22. The monoisotopic (exact) mass is 369 g/mol. The van der Waals surface area contributed by atoms with E-state index in [0.29, 0.717) is 5.92 Å². The van der Waals surface area contributed by atoms with Gasteiger partial charge in [-0.25, -0.2) is 4.98 Å². The molecule has 0 radical (unpaired) electrons. The highest BCUT2D eigenvalue weighted by molar-refractivity contribution is 7.13. The van der Waals surface area contributed by atoms with Crippen LogP contribution in [0.1, 0.15) is 45.7 Å². The summed E-state index contributed by atoms with van der Waals surface area (Å²) in [6.07, 6.45) is 4.36. The van der Waals surface area contributed by atoms with E-state index in [1.165, 1.54) is 5.56 Å². The Labute approximate surface area is 160 Å². The normalized spacial score (nSPS) is 15.9. The maximum Gasteiger partial charge on any atom is 0.265 e. The molecular formula is C21H27N3OS. The van der Waals surface area contributed by atoms with Crippen molar-refractivity contribution in [1.82, 2.24) is 14.8 Å². The predicted molar refractivity (Wildman–Crippen MR) is 109 cm³/mol. The Morgan fingerprint density at radius 3 is 2.50 bits per heavy atom. The van der Waals surface area contributed by atoms with E-state index in [0.717, 1.165) is 48.3 Å². The number of benzene rings is 1. The van der Waals surface area contributed by atoms with Gasteiger partial charge in [0.05, 0.1) is 10.7 Å². The maximum absolute atomic E-state index is 12.8. The molecule has 138 valence electrons. The molecule has 2 heterocycles. The van der Waals surface area contributed by atoms with Crippen molar-refractivity contribution in [3.8, 4) is 0 Å². The fraction of sp³-hybridized carbons (Fsp3) is 0.429. The van der Waals surface area contributed by atoms with E-state index in [9.17, 15) is 4.79 Å². The van der Waals surface area contributed by atoms with E-state index < -0.39 is 0 Å². The lowest BCUT2D eigenvalue weighted by molar-refractivity contribution is 0.0654. The van der Waals surface area contributed by atoms with Crippen LogP contribution in [0.2, 0.25) is 0 Å². The number of aryl methyl sites for hydroxylation is 1. The molecule has 2 aromatic rings. The summed E-state index contributed by atoms with van der Waals surface area (Å²) < 4.78 is 0. The molecule has 1 aromatic carbocycles. The van der Waals surface area contributed by atoms with E-state index in [1.807, 2.05) is 17.9 Å². The molecule has 0 spiro atoms. The van der Waals surface area contributed by atoms with Gasteiger partial charge in [-0.1, -0.05) is 56.3 Å². The van der Waals surface area contributed by atoms with Crippen molar-refractivity contribution in [2.24, 2.45) is 0 Å². The Morgan fingerprint density at radius 2 is 1.88 bits per heavy atom. The van der Waals surface area contributed by atoms with E-state index in [4.69, 9.17) is 0 Å². The molecule has 1 aliphatic rings.